The minimum atomic E-state index is 0.765. The number of hydrogen-bond acceptors (Lipinski definition) is 4. The lowest BCUT2D eigenvalue weighted by atomic mass is 10.2. The van der Waals surface area contributed by atoms with E-state index in [1.165, 1.54) is 18.4 Å². The van der Waals surface area contributed by atoms with E-state index in [1.54, 1.807) is 0 Å². The maximum absolute atomic E-state index is 4.29. The predicted octanol–water partition coefficient (Wildman–Crippen LogP) is 1.61. The van der Waals surface area contributed by atoms with Crippen molar-refractivity contribution in [3.8, 4) is 0 Å². The molecule has 0 saturated heterocycles. The molecule has 0 radical (unpaired) electrons. The molecule has 0 aromatic carbocycles. The normalized spacial score (nSPS) is 14.4. The second-order valence-electron chi connectivity index (χ2n) is 5.05. The van der Waals surface area contributed by atoms with E-state index in [0.29, 0.717) is 0 Å². The number of aromatic nitrogens is 4. The molecule has 0 amide bonds. The molecule has 5 heteroatoms. The molecule has 3 heterocycles. The molecule has 100 valence electrons. The summed E-state index contributed by atoms with van der Waals surface area (Å²) in [5.41, 5.74) is 2.25. The first-order valence-corrected chi connectivity index (χ1v) is 6.86. The van der Waals surface area contributed by atoms with Crippen molar-refractivity contribution in [3.05, 3.63) is 41.2 Å². The molecule has 2 aromatic rings. The van der Waals surface area contributed by atoms with Crippen molar-refractivity contribution in [1.82, 2.24) is 25.1 Å². The average Bonchev–Trinajstić information content (AvgIpc) is 2.85. The van der Waals surface area contributed by atoms with E-state index >= 15 is 0 Å². The molecule has 3 rings (SSSR count). The van der Waals surface area contributed by atoms with E-state index in [0.717, 1.165) is 43.4 Å². The van der Waals surface area contributed by atoms with Crippen LogP contribution >= 0.6 is 0 Å². The van der Waals surface area contributed by atoms with Crippen LogP contribution in [0.15, 0.2) is 18.3 Å². The lowest BCUT2D eigenvalue weighted by molar-refractivity contribution is 0.497. The molecule has 0 aliphatic carbocycles. The monoisotopic (exact) mass is 257 g/mol. The highest BCUT2D eigenvalue weighted by atomic mass is 15.3. The quantitative estimate of drug-likeness (QED) is 0.904. The third-order valence-electron chi connectivity index (χ3n) is 3.52. The Morgan fingerprint density at radius 3 is 3.00 bits per heavy atom. The third-order valence-corrected chi connectivity index (χ3v) is 3.52. The summed E-state index contributed by atoms with van der Waals surface area (Å²) in [5.74, 6) is 2.19. The Hall–Kier alpha value is -1.75. The summed E-state index contributed by atoms with van der Waals surface area (Å²) in [4.78, 5) is 4.29. The van der Waals surface area contributed by atoms with Crippen LogP contribution < -0.4 is 5.32 Å². The maximum atomic E-state index is 4.29. The van der Waals surface area contributed by atoms with Crippen LogP contribution in [0.1, 0.15) is 35.7 Å². The van der Waals surface area contributed by atoms with E-state index < -0.39 is 0 Å². The standard InChI is InChI=1S/C14H19N5/c1-11-5-6-12(9-16-11)8-15-10-14-18-17-13-4-2-3-7-19(13)14/h5-6,9,15H,2-4,7-8,10H2,1H3. The van der Waals surface area contributed by atoms with Crippen molar-refractivity contribution in [3.63, 3.8) is 0 Å². The zero-order chi connectivity index (χ0) is 13.1. The molecule has 1 aliphatic heterocycles. The highest BCUT2D eigenvalue weighted by Crippen LogP contribution is 2.14. The minimum absolute atomic E-state index is 0.765. The Kier molecular flexibility index (Phi) is 3.55. The van der Waals surface area contributed by atoms with Gasteiger partial charge in [-0.3, -0.25) is 4.98 Å². The van der Waals surface area contributed by atoms with Crippen LogP contribution in [-0.4, -0.2) is 19.7 Å². The van der Waals surface area contributed by atoms with Gasteiger partial charge in [0, 0.05) is 31.4 Å². The maximum Gasteiger partial charge on any atom is 0.147 e. The average molecular weight is 257 g/mol. The predicted molar refractivity (Wildman–Crippen MR) is 72.5 cm³/mol. The summed E-state index contributed by atoms with van der Waals surface area (Å²) < 4.78 is 2.25. The summed E-state index contributed by atoms with van der Waals surface area (Å²) in [6.07, 6.45) is 5.46. The van der Waals surface area contributed by atoms with Crippen LogP contribution in [0.4, 0.5) is 0 Å². The van der Waals surface area contributed by atoms with Gasteiger partial charge in [0.05, 0.1) is 6.54 Å². The molecule has 0 fully saturated rings. The van der Waals surface area contributed by atoms with E-state index in [1.807, 2.05) is 19.2 Å². The molecular formula is C14H19N5. The number of fused-ring (bicyclic) bond motifs is 1. The largest absolute Gasteiger partial charge is 0.314 e. The van der Waals surface area contributed by atoms with Crippen molar-refractivity contribution in [2.75, 3.05) is 0 Å². The number of rotatable bonds is 4. The zero-order valence-electron chi connectivity index (χ0n) is 11.3. The van der Waals surface area contributed by atoms with Gasteiger partial charge in [-0.05, 0) is 31.4 Å². The molecule has 1 N–H and O–H groups in total. The molecule has 19 heavy (non-hydrogen) atoms. The summed E-state index contributed by atoms with van der Waals surface area (Å²) in [6, 6.07) is 4.14. The lowest BCUT2D eigenvalue weighted by Crippen LogP contribution is -2.19. The number of pyridine rings is 1. The SMILES string of the molecule is Cc1ccc(CNCc2nnc3n2CCCC3)cn1. The summed E-state index contributed by atoms with van der Waals surface area (Å²) in [5, 5.41) is 11.9. The van der Waals surface area contributed by atoms with Gasteiger partial charge in [0.1, 0.15) is 11.6 Å². The summed E-state index contributed by atoms with van der Waals surface area (Å²) in [7, 11) is 0. The van der Waals surface area contributed by atoms with Gasteiger partial charge in [-0.15, -0.1) is 10.2 Å². The van der Waals surface area contributed by atoms with Crippen LogP contribution in [0.2, 0.25) is 0 Å². The number of nitrogens with zero attached hydrogens (tertiary/aromatic N) is 4. The second kappa shape index (κ2) is 5.48. The summed E-state index contributed by atoms with van der Waals surface area (Å²) in [6.45, 7) is 4.64. The highest BCUT2D eigenvalue weighted by Gasteiger charge is 2.14. The zero-order valence-corrected chi connectivity index (χ0v) is 11.3. The number of hydrogen-bond donors (Lipinski definition) is 1. The van der Waals surface area contributed by atoms with Crippen LogP contribution in [0.25, 0.3) is 0 Å². The minimum Gasteiger partial charge on any atom is -0.314 e. The van der Waals surface area contributed by atoms with Gasteiger partial charge in [-0.1, -0.05) is 6.07 Å². The van der Waals surface area contributed by atoms with E-state index in [9.17, 15) is 0 Å². The van der Waals surface area contributed by atoms with Gasteiger partial charge in [-0.2, -0.15) is 0 Å². The Morgan fingerprint density at radius 2 is 2.16 bits per heavy atom. The molecule has 0 atom stereocenters. The first kappa shape index (κ1) is 12.3. The topological polar surface area (TPSA) is 55.6 Å². The van der Waals surface area contributed by atoms with Gasteiger partial charge in [0.15, 0.2) is 0 Å². The van der Waals surface area contributed by atoms with Crippen molar-refractivity contribution in [2.24, 2.45) is 0 Å². The molecule has 0 spiro atoms. The second-order valence-corrected chi connectivity index (χ2v) is 5.05. The number of aryl methyl sites for hydroxylation is 2. The summed E-state index contributed by atoms with van der Waals surface area (Å²) >= 11 is 0. The van der Waals surface area contributed by atoms with Gasteiger partial charge >= 0.3 is 0 Å². The molecule has 5 nitrogen and oxygen atoms in total. The molecule has 0 bridgehead atoms. The van der Waals surface area contributed by atoms with Crippen LogP contribution in [0, 0.1) is 6.92 Å². The molecule has 0 unspecified atom stereocenters. The Bertz CT molecular complexity index is 543. The first-order chi connectivity index (χ1) is 9.33. The fourth-order valence-electron chi connectivity index (χ4n) is 2.42. The van der Waals surface area contributed by atoms with Crippen molar-refractivity contribution < 1.29 is 0 Å². The molecule has 0 saturated carbocycles. The first-order valence-electron chi connectivity index (χ1n) is 6.86. The Labute approximate surface area is 113 Å². The molecular weight excluding hydrogens is 238 g/mol. The van der Waals surface area contributed by atoms with Gasteiger partial charge in [-0.25, -0.2) is 0 Å². The molecule has 1 aliphatic rings. The Balaban J connectivity index is 1.57. The van der Waals surface area contributed by atoms with Crippen LogP contribution in [0.5, 0.6) is 0 Å². The van der Waals surface area contributed by atoms with Crippen molar-refractivity contribution in [2.45, 2.75) is 45.8 Å². The van der Waals surface area contributed by atoms with E-state index in [4.69, 9.17) is 0 Å². The fraction of sp³-hybridized carbons (Fsp3) is 0.500. The van der Waals surface area contributed by atoms with Crippen molar-refractivity contribution >= 4 is 0 Å². The fourth-order valence-corrected chi connectivity index (χ4v) is 2.42. The van der Waals surface area contributed by atoms with E-state index in [-0.39, 0.29) is 0 Å². The van der Waals surface area contributed by atoms with Crippen LogP contribution in [-0.2, 0) is 26.1 Å². The third kappa shape index (κ3) is 2.81. The number of nitrogens with one attached hydrogen (secondary N) is 1. The van der Waals surface area contributed by atoms with Gasteiger partial charge in [0.25, 0.3) is 0 Å². The van der Waals surface area contributed by atoms with Crippen LogP contribution in [0.3, 0.4) is 0 Å². The van der Waals surface area contributed by atoms with Crippen molar-refractivity contribution in [1.29, 1.82) is 0 Å². The smallest absolute Gasteiger partial charge is 0.147 e. The van der Waals surface area contributed by atoms with Gasteiger partial charge in [0.2, 0.25) is 0 Å². The lowest BCUT2D eigenvalue weighted by Gasteiger charge is -2.14. The van der Waals surface area contributed by atoms with E-state index in [2.05, 4.69) is 31.1 Å². The highest BCUT2D eigenvalue weighted by molar-refractivity contribution is 5.12. The molecule has 2 aromatic heterocycles. The Morgan fingerprint density at radius 1 is 1.21 bits per heavy atom. The van der Waals surface area contributed by atoms with Gasteiger partial charge < -0.3 is 9.88 Å².